The van der Waals surface area contributed by atoms with Gasteiger partial charge < -0.3 is 29.3 Å². The van der Waals surface area contributed by atoms with E-state index in [2.05, 4.69) is 15.4 Å². The van der Waals surface area contributed by atoms with Gasteiger partial charge in [0.2, 0.25) is 11.8 Å². The first kappa shape index (κ1) is 38.4. The predicted molar refractivity (Wildman–Crippen MR) is 203 cm³/mol. The Balaban J connectivity index is 0.949. The van der Waals surface area contributed by atoms with Gasteiger partial charge in [0.05, 0.1) is 5.56 Å². The Bertz CT molecular complexity index is 2210. The number of hydrogen-bond donors (Lipinski definition) is 2. The van der Waals surface area contributed by atoms with Crippen LogP contribution in [0.15, 0.2) is 77.7 Å². The van der Waals surface area contributed by atoms with E-state index >= 15 is 0 Å². The first-order valence-corrected chi connectivity index (χ1v) is 18.8. The summed E-state index contributed by atoms with van der Waals surface area (Å²) < 4.78 is 46.7. The SMILES string of the molecule is CN(C(=O)N1CCC(c2ccc(NC3CCC(=O)NC3=O)cc2)CC1)C1CCN(C(=O)c2ccc(-c3cn(C)c(=O)c4ccccc34)cc2OC(F)(F)F)CC1. The molecule has 7 rings (SSSR count). The number of carbonyl (C=O) groups excluding carboxylic acids is 4. The number of likely N-dealkylation sites (tertiary alicyclic amines) is 2. The molecule has 294 valence electrons. The van der Waals surface area contributed by atoms with Crippen LogP contribution in [0, 0.1) is 0 Å². The van der Waals surface area contributed by atoms with Crippen molar-refractivity contribution in [3.8, 4) is 16.9 Å². The summed E-state index contributed by atoms with van der Waals surface area (Å²) in [7, 11) is 3.32. The fraction of sp³-hybridized carbons (Fsp3) is 0.390. The molecule has 3 saturated heterocycles. The van der Waals surface area contributed by atoms with Gasteiger partial charge in [0.15, 0.2) is 0 Å². The number of alkyl halides is 3. The van der Waals surface area contributed by atoms with Crippen LogP contribution in [0.2, 0.25) is 0 Å². The number of fused-ring (bicyclic) bond motifs is 1. The van der Waals surface area contributed by atoms with Crippen LogP contribution in [0.1, 0.15) is 60.4 Å². The van der Waals surface area contributed by atoms with Crippen molar-refractivity contribution in [2.45, 2.75) is 62.9 Å². The number of aromatic nitrogens is 1. The topological polar surface area (TPSA) is 133 Å². The Hall–Kier alpha value is -5.86. The van der Waals surface area contributed by atoms with Crippen LogP contribution < -0.4 is 20.9 Å². The van der Waals surface area contributed by atoms with E-state index in [0.29, 0.717) is 60.7 Å². The summed E-state index contributed by atoms with van der Waals surface area (Å²) in [6, 6.07) is 18.1. The Labute approximate surface area is 321 Å². The molecule has 0 spiro atoms. The molecular formula is C41H43F3N6O6. The average Bonchev–Trinajstić information content (AvgIpc) is 3.19. The minimum atomic E-state index is -5.05. The molecule has 5 amide bonds. The van der Waals surface area contributed by atoms with E-state index in [1.54, 1.807) is 55.5 Å². The maximum Gasteiger partial charge on any atom is 0.573 e. The van der Waals surface area contributed by atoms with E-state index < -0.39 is 24.1 Å². The van der Waals surface area contributed by atoms with E-state index in [0.717, 1.165) is 24.1 Å². The lowest BCUT2D eigenvalue weighted by molar-refractivity contribution is -0.274. The number of imide groups is 1. The van der Waals surface area contributed by atoms with Gasteiger partial charge in [-0.2, -0.15) is 0 Å². The van der Waals surface area contributed by atoms with E-state index in [1.165, 1.54) is 21.6 Å². The number of nitrogens with zero attached hydrogens (tertiary/aromatic N) is 4. The Morgan fingerprint density at radius 1 is 0.857 bits per heavy atom. The van der Waals surface area contributed by atoms with Gasteiger partial charge in [-0.15, -0.1) is 13.2 Å². The monoisotopic (exact) mass is 772 g/mol. The highest BCUT2D eigenvalue weighted by molar-refractivity contribution is 6.02. The van der Waals surface area contributed by atoms with Crippen molar-refractivity contribution in [3.63, 3.8) is 0 Å². The predicted octanol–water partition coefficient (Wildman–Crippen LogP) is 5.86. The fourth-order valence-electron chi connectivity index (χ4n) is 8.02. The van der Waals surface area contributed by atoms with E-state index in [-0.39, 0.29) is 54.0 Å². The number of anilines is 1. The zero-order valence-corrected chi connectivity index (χ0v) is 31.1. The molecule has 3 fully saturated rings. The first-order valence-electron chi connectivity index (χ1n) is 18.8. The molecule has 3 aliphatic heterocycles. The van der Waals surface area contributed by atoms with Crippen LogP contribution >= 0.6 is 0 Å². The lowest BCUT2D eigenvalue weighted by Gasteiger charge is -2.40. The number of halogens is 3. The number of nitrogens with one attached hydrogen (secondary N) is 2. The molecule has 2 N–H and O–H groups in total. The number of pyridine rings is 1. The average molecular weight is 773 g/mol. The normalized spacial score (nSPS) is 18.5. The van der Waals surface area contributed by atoms with Crippen LogP contribution in [0.5, 0.6) is 5.75 Å². The number of rotatable bonds is 7. The highest BCUT2D eigenvalue weighted by Crippen LogP contribution is 2.36. The van der Waals surface area contributed by atoms with Crippen molar-refractivity contribution in [1.29, 1.82) is 0 Å². The molecule has 0 radical (unpaired) electrons. The number of aryl methyl sites for hydroxylation is 1. The summed E-state index contributed by atoms with van der Waals surface area (Å²) in [5.41, 5.74) is 2.34. The van der Waals surface area contributed by atoms with Crippen LogP contribution in [0.25, 0.3) is 21.9 Å². The van der Waals surface area contributed by atoms with Gasteiger partial charge in [-0.1, -0.05) is 36.4 Å². The molecule has 0 saturated carbocycles. The number of hydrogen-bond acceptors (Lipinski definition) is 7. The van der Waals surface area contributed by atoms with Crippen molar-refractivity contribution in [2.24, 2.45) is 7.05 Å². The molecule has 56 heavy (non-hydrogen) atoms. The summed E-state index contributed by atoms with van der Waals surface area (Å²) in [6.07, 6.45) is -0.269. The summed E-state index contributed by atoms with van der Waals surface area (Å²) in [4.78, 5) is 68.6. The van der Waals surface area contributed by atoms with Gasteiger partial charge in [-0.05, 0) is 84.9 Å². The molecule has 12 nitrogen and oxygen atoms in total. The molecule has 3 aliphatic rings. The van der Waals surface area contributed by atoms with Crippen molar-refractivity contribution in [2.75, 3.05) is 38.5 Å². The fourth-order valence-corrected chi connectivity index (χ4v) is 8.02. The van der Waals surface area contributed by atoms with Gasteiger partial charge in [0.25, 0.3) is 11.5 Å². The molecule has 1 unspecified atom stereocenters. The van der Waals surface area contributed by atoms with E-state index in [9.17, 15) is 37.1 Å². The smallest absolute Gasteiger partial charge is 0.405 e. The minimum absolute atomic E-state index is 0.0978. The second kappa shape index (κ2) is 15.7. The standard InChI is InChI=1S/C41H43F3N6O6/c1-47-24-33(30-5-3-4-6-31(30)38(47)53)27-9-12-32(35(23-27)56-41(42,43)44)39(54)49-21-17-29(18-22-49)48(2)40(55)50-19-15-26(16-20-50)25-7-10-28(11-8-25)45-34-13-14-36(51)46-37(34)52/h3-12,23-24,26,29,34,45H,13-22H2,1-2H3,(H,46,51,52). The van der Waals surface area contributed by atoms with Crippen molar-refractivity contribution in [3.05, 3.63) is 94.4 Å². The Morgan fingerprint density at radius 2 is 1.52 bits per heavy atom. The molecule has 15 heteroatoms. The van der Waals surface area contributed by atoms with Crippen LogP contribution in [0.4, 0.5) is 23.7 Å². The molecular weight excluding hydrogens is 729 g/mol. The third-order valence-electron chi connectivity index (χ3n) is 11.2. The molecule has 1 atom stereocenters. The molecule has 0 aliphatic carbocycles. The zero-order chi connectivity index (χ0) is 39.7. The summed E-state index contributed by atoms with van der Waals surface area (Å²) in [5, 5.41) is 6.51. The van der Waals surface area contributed by atoms with Crippen LogP contribution in [0.3, 0.4) is 0 Å². The quantitative estimate of drug-likeness (QED) is 0.225. The maximum atomic E-state index is 13.7. The molecule has 4 heterocycles. The highest BCUT2D eigenvalue weighted by Gasteiger charge is 2.36. The molecule has 4 aromatic rings. The number of benzene rings is 3. The lowest BCUT2D eigenvalue weighted by Crippen LogP contribution is -2.52. The Morgan fingerprint density at radius 3 is 2.18 bits per heavy atom. The van der Waals surface area contributed by atoms with Crippen LogP contribution in [-0.4, -0.2) is 94.7 Å². The number of amides is 5. The van der Waals surface area contributed by atoms with Gasteiger partial charge >= 0.3 is 12.4 Å². The van der Waals surface area contributed by atoms with Crippen LogP contribution in [-0.2, 0) is 16.6 Å². The summed E-state index contributed by atoms with van der Waals surface area (Å²) in [6.45, 7) is 1.65. The maximum absolute atomic E-state index is 13.7. The van der Waals surface area contributed by atoms with Crippen molar-refractivity contribution in [1.82, 2.24) is 24.6 Å². The largest absolute Gasteiger partial charge is 0.573 e. The van der Waals surface area contributed by atoms with Gasteiger partial charge in [-0.25, -0.2) is 4.79 Å². The number of ether oxygens (including phenoxy) is 1. The summed E-state index contributed by atoms with van der Waals surface area (Å²) in [5.74, 6) is -1.54. The summed E-state index contributed by atoms with van der Waals surface area (Å²) >= 11 is 0. The van der Waals surface area contributed by atoms with E-state index in [4.69, 9.17) is 0 Å². The van der Waals surface area contributed by atoms with Gasteiger partial charge in [-0.3, -0.25) is 24.5 Å². The second-order valence-corrected chi connectivity index (χ2v) is 14.7. The first-order chi connectivity index (χ1) is 26.8. The molecule has 0 bridgehead atoms. The second-order valence-electron chi connectivity index (χ2n) is 14.7. The highest BCUT2D eigenvalue weighted by atomic mass is 19.4. The van der Waals surface area contributed by atoms with E-state index in [1.807, 2.05) is 29.2 Å². The van der Waals surface area contributed by atoms with Gasteiger partial charge in [0, 0.05) is 75.6 Å². The van der Waals surface area contributed by atoms with Crippen molar-refractivity contribution >= 4 is 40.2 Å². The third-order valence-corrected chi connectivity index (χ3v) is 11.2. The third kappa shape index (κ3) is 8.21. The van der Waals surface area contributed by atoms with Gasteiger partial charge in [0.1, 0.15) is 11.8 Å². The molecule has 1 aromatic heterocycles. The number of piperidine rings is 3. The molecule has 3 aromatic carbocycles. The van der Waals surface area contributed by atoms with Crippen molar-refractivity contribution < 1.29 is 37.1 Å². The number of urea groups is 1. The minimum Gasteiger partial charge on any atom is -0.405 e. The number of carbonyl (C=O) groups is 4. The lowest BCUT2D eigenvalue weighted by atomic mass is 9.89. The zero-order valence-electron chi connectivity index (χ0n) is 31.1. The Kier molecular flexibility index (Phi) is 10.8.